The van der Waals surface area contributed by atoms with Crippen molar-refractivity contribution in [1.82, 2.24) is 15.4 Å². The number of carbonyl (C=O) groups excluding carboxylic acids is 1. The number of benzene rings is 1. The summed E-state index contributed by atoms with van der Waals surface area (Å²) in [6.07, 6.45) is 3.18. The molecule has 0 spiro atoms. The van der Waals surface area contributed by atoms with Gasteiger partial charge in [-0.1, -0.05) is 6.07 Å². The molecule has 0 radical (unpaired) electrons. The third-order valence-corrected chi connectivity index (χ3v) is 2.48. The van der Waals surface area contributed by atoms with Crippen LogP contribution in [0.4, 0.5) is 11.6 Å². The first kappa shape index (κ1) is 12.8. The lowest BCUT2D eigenvalue weighted by Gasteiger charge is -2.13. The zero-order valence-electron chi connectivity index (χ0n) is 10.8. The minimum atomic E-state index is -0.240. The van der Waals surface area contributed by atoms with E-state index in [0.29, 0.717) is 11.5 Å². The number of carbonyl (C=O) groups is 1. The first-order valence-corrected chi connectivity index (χ1v) is 5.77. The van der Waals surface area contributed by atoms with Crippen molar-refractivity contribution in [2.75, 3.05) is 24.4 Å². The van der Waals surface area contributed by atoms with Gasteiger partial charge >= 0.3 is 0 Å². The molecule has 6 nitrogen and oxygen atoms in total. The molecule has 1 aromatic heterocycles. The molecule has 0 saturated carbocycles. The standard InChI is InChI=1S/C13H15N5O/c1-18(2)11-6-3-5-10(9-11)12(19)16-17-13-14-7-4-8-15-13/h3-9H,1-2H3,(H,16,19)(H,14,15,17). The van der Waals surface area contributed by atoms with Gasteiger partial charge in [0.2, 0.25) is 5.95 Å². The van der Waals surface area contributed by atoms with Gasteiger partial charge in [0, 0.05) is 37.7 Å². The van der Waals surface area contributed by atoms with Crippen LogP contribution < -0.4 is 15.8 Å². The Bertz CT molecular complexity index is 556. The van der Waals surface area contributed by atoms with E-state index in [9.17, 15) is 4.79 Å². The van der Waals surface area contributed by atoms with Crippen LogP contribution in [-0.4, -0.2) is 30.0 Å². The summed E-state index contributed by atoms with van der Waals surface area (Å²) >= 11 is 0. The lowest BCUT2D eigenvalue weighted by Crippen LogP contribution is -2.30. The molecule has 1 aromatic carbocycles. The van der Waals surface area contributed by atoms with Crippen molar-refractivity contribution in [3.05, 3.63) is 48.3 Å². The summed E-state index contributed by atoms with van der Waals surface area (Å²) in [6, 6.07) is 9.03. The van der Waals surface area contributed by atoms with Gasteiger partial charge in [-0.05, 0) is 24.3 Å². The van der Waals surface area contributed by atoms with E-state index in [1.807, 2.05) is 37.2 Å². The fraction of sp³-hybridized carbons (Fsp3) is 0.154. The van der Waals surface area contributed by atoms with E-state index >= 15 is 0 Å². The molecule has 6 heteroatoms. The van der Waals surface area contributed by atoms with Crippen LogP contribution in [0, 0.1) is 0 Å². The van der Waals surface area contributed by atoms with Crippen LogP contribution in [0.1, 0.15) is 10.4 Å². The Morgan fingerprint density at radius 3 is 2.58 bits per heavy atom. The smallest absolute Gasteiger partial charge is 0.269 e. The molecule has 0 unspecified atom stereocenters. The van der Waals surface area contributed by atoms with E-state index < -0.39 is 0 Å². The summed E-state index contributed by atoms with van der Waals surface area (Å²) in [7, 11) is 3.85. The highest BCUT2D eigenvalue weighted by Crippen LogP contribution is 2.13. The summed E-state index contributed by atoms with van der Waals surface area (Å²) in [4.78, 5) is 21.8. The Balaban J connectivity index is 2.02. The van der Waals surface area contributed by atoms with Crippen molar-refractivity contribution >= 4 is 17.5 Å². The molecule has 1 amide bonds. The highest BCUT2D eigenvalue weighted by atomic mass is 16.2. The fourth-order valence-corrected chi connectivity index (χ4v) is 1.47. The summed E-state index contributed by atoms with van der Waals surface area (Å²) in [5, 5.41) is 0. The Hall–Kier alpha value is -2.63. The molecule has 0 fully saturated rings. The molecule has 2 N–H and O–H groups in total. The number of amides is 1. The first-order valence-electron chi connectivity index (χ1n) is 5.77. The van der Waals surface area contributed by atoms with Gasteiger partial charge in [0.05, 0.1) is 0 Å². The lowest BCUT2D eigenvalue weighted by atomic mass is 10.2. The lowest BCUT2D eigenvalue weighted by molar-refractivity contribution is 0.0962. The van der Waals surface area contributed by atoms with E-state index in [0.717, 1.165) is 5.69 Å². The Morgan fingerprint density at radius 2 is 1.89 bits per heavy atom. The van der Waals surface area contributed by atoms with E-state index in [2.05, 4.69) is 20.8 Å². The van der Waals surface area contributed by atoms with Gasteiger partial charge in [-0.25, -0.2) is 9.97 Å². The van der Waals surface area contributed by atoms with Crippen LogP contribution in [0.5, 0.6) is 0 Å². The van der Waals surface area contributed by atoms with Crippen LogP contribution in [-0.2, 0) is 0 Å². The van der Waals surface area contributed by atoms with Gasteiger partial charge in [0.25, 0.3) is 5.91 Å². The molecule has 2 rings (SSSR count). The summed E-state index contributed by atoms with van der Waals surface area (Å²) in [6.45, 7) is 0. The molecule has 0 aliphatic heterocycles. The first-order chi connectivity index (χ1) is 9.16. The fourth-order valence-electron chi connectivity index (χ4n) is 1.47. The molecule has 0 saturated heterocycles. The van der Waals surface area contributed by atoms with E-state index in [1.165, 1.54) is 0 Å². The third-order valence-electron chi connectivity index (χ3n) is 2.48. The van der Waals surface area contributed by atoms with Crippen molar-refractivity contribution in [3.63, 3.8) is 0 Å². The maximum absolute atomic E-state index is 11.9. The van der Waals surface area contributed by atoms with Gasteiger partial charge in [0.1, 0.15) is 0 Å². The number of rotatable bonds is 4. The number of hydrazine groups is 1. The quantitative estimate of drug-likeness (QED) is 0.808. The van der Waals surface area contributed by atoms with Crippen molar-refractivity contribution in [2.24, 2.45) is 0 Å². The van der Waals surface area contributed by atoms with Crippen LogP contribution in [0.3, 0.4) is 0 Å². The summed E-state index contributed by atoms with van der Waals surface area (Å²) < 4.78 is 0. The molecule has 0 aliphatic carbocycles. The van der Waals surface area contributed by atoms with Crippen LogP contribution in [0.2, 0.25) is 0 Å². The Labute approximate surface area is 111 Å². The van der Waals surface area contributed by atoms with Crippen molar-refractivity contribution < 1.29 is 4.79 Å². The number of hydrogen-bond acceptors (Lipinski definition) is 5. The molecule has 0 aliphatic rings. The van der Waals surface area contributed by atoms with Crippen LogP contribution >= 0.6 is 0 Å². The molecular weight excluding hydrogens is 242 g/mol. The maximum Gasteiger partial charge on any atom is 0.269 e. The zero-order valence-corrected chi connectivity index (χ0v) is 10.8. The van der Waals surface area contributed by atoms with E-state index in [-0.39, 0.29) is 5.91 Å². The zero-order chi connectivity index (χ0) is 13.7. The average molecular weight is 257 g/mol. The van der Waals surface area contributed by atoms with Gasteiger partial charge in [0.15, 0.2) is 0 Å². The predicted octanol–water partition coefficient (Wildman–Crippen LogP) is 1.30. The van der Waals surface area contributed by atoms with E-state index in [4.69, 9.17) is 0 Å². The third kappa shape index (κ3) is 3.41. The molecule has 1 heterocycles. The summed E-state index contributed by atoms with van der Waals surface area (Å²) in [5.41, 5.74) is 6.73. The molecule has 0 atom stereocenters. The SMILES string of the molecule is CN(C)c1cccc(C(=O)NNc2ncccn2)c1. The topological polar surface area (TPSA) is 70.2 Å². The molecule has 19 heavy (non-hydrogen) atoms. The monoisotopic (exact) mass is 257 g/mol. The van der Waals surface area contributed by atoms with Gasteiger partial charge < -0.3 is 4.90 Å². The van der Waals surface area contributed by atoms with Crippen LogP contribution in [0.25, 0.3) is 0 Å². The molecular formula is C13H15N5O. The van der Waals surface area contributed by atoms with Crippen molar-refractivity contribution in [2.45, 2.75) is 0 Å². The van der Waals surface area contributed by atoms with E-state index in [1.54, 1.807) is 24.5 Å². The minimum Gasteiger partial charge on any atom is -0.378 e. The normalized spacial score (nSPS) is 9.79. The van der Waals surface area contributed by atoms with Gasteiger partial charge in [-0.15, -0.1) is 0 Å². The van der Waals surface area contributed by atoms with Crippen LogP contribution in [0.15, 0.2) is 42.7 Å². The van der Waals surface area contributed by atoms with Gasteiger partial charge in [-0.3, -0.25) is 15.6 Å². The summed E-state index contributed by atoms with van der Waals surface area (Å²) in [5.74, 6) is 0.107. The number of anilines is 2. The molecule has 98 valence electrons. The van der Waals surface area contributed by atoms with Gasteiger partial charge in [-0.2, -0.15) is 0 Å². The molecule has 2 aromatic rings. The Kier molecular flexibility index (Phi) is 3.92. The van der Waals surface area contributed by atoms with Crippen molar-refractivity contribution in [1.29, 1.82) is 0 Å². The van der Waals surface area contributed by atoms with Crippen molar-refractivity contribution in [3.8, 4) is 0 Å². The number of nitrogens with one attached hydrogen (secondary N) is 2. The average Bonchev–Trinajstić information content (AvgIpc) is 2.46. The second-order valence-corrected chi connectivity index (χ2v) is 4.10. The second kappa shape index (κ2) is 5.81. The molecule has 0 bridgehead atoms. The Morgan fingerprint density at radius 1 is 1.16 bits per heavy atom. The maximum atomic E-state index is 11.9. The second-order valence-electron chi connectivity index (χ2n) is 4.10. The number of nitrogens with zero attached hydrogens (tertiary/aromatic N) is 3. The highest BCUT2D eigenvalue weighted by Gasteiger charge is 2.06. The minimum absolute atomic E-state index is 0.240. The number of aromatic nitrogens is 2. The predicted molar refractivity (Wildman–Crippen MR) is 73.9 cm³/mol. The largest absolute Gasteiger partial charge is 0.378 e. The number of hydrogen-bond donors (Lipinski definition) is 2. The highest BCUT2D eigenvalue weighted by molar-refractivity contribution is 5.95.